The number of hydrogen-bond donors (Lipinski definition) is 1. The Labute approximate surface area is 117 Å². The van der Waals surface area contributed by atoms with Gasteiger partial charge in [0.2, 0.25) is 0 Å². The lowest BCUT2D eigenvalue weighted by molar-refractivity contribution is -0.385. The second kappa shape index (κ2) is 5.48. The molecule has 1 aromatic rings. The fourth-order valence-electron chi connectivity index (χ4n) is 2.15. The van der Waals surface area contributed by atoms with Crippen LogP contribution in [0.3, 0.4) is 0 Å². The third-order valence-electron chi connectivity index (χ3n) is 3.48. The van der Waals surface area contributed by atoms with Gasteiger partial charge in [-0.25, -0.2) is 0 Å². The largest absolute Gasteiger partial charge is 0.399 e. The number of hydrogen-bond acceptors (Lipinski definition) is 4. The number of rotatable bonds is 5. The van der Waals surface area contributed by atoms with Crippen LogP contribution in [0.2, 0.25) is 0 Å². The second-order valence-electron chi connectivity index (χ2n) is 5.53. The van der Waals surface area contributed by atoms with Crippen LogP contribution in [-0.4, -0.2) is 28.3 Å². The Kier molecular flexibility index (Phi) is 3.92. The highest BCUT2D eigenvalue weighted by atomic mass is 16.6. The number of benzene rings is 1. The molecule has 0 heterocycles. The lowest BCUT2D eigenvalue weighted by Gasteiger charge is -2.26. The van der Waals surface area contributed by atoms with Gasteiger partial charge in [-0.1, -0.05) is 0 Å². The molecule has 1 aliphatic carbocycles. The van der Waals surface area contributed by atoms with Gasteiger partial charge in [-0.05, 0) is 44.7 Å². The van der Waals surface area contributed by atoms with Crippen LogP contribution in [0.1, 0.15) is 37.0 Å². The molecule has 0 radical (unpaired) electrons. The first kappa shape index (κ1) is 14.3. The molecule has 1 saturated carbocycles. The van der Waals surface area contributed by atoms with E-state index in [1.807, 2.05) is 13.8 Å². The molecular formula is C14H19N3O3. The minimum atomic E-state index is -0.539. The van der Waals surface area contributed by atoms with Crippen molar-refractivity contribution >= 4 is 17.3 Å². The van der Waals surface area contributed by atoms with Crippen LogP contribution in [0.15, 0.2) is 18.2 Å². The Morgan fingerprint density at radius 3 is 2.65 bits per heavy atom. The maximum atomic E-state index is 12.6. The minimum Gasteiger partial charge on any atom is -0.399 e. The summed E-state index contributed by atoms with van der Waals surface area (Å²) in [4.78, 5) is 24.8. The van der Waals surface area contributed by atoms with Gasteiger partial charge in [0, 0.05) is 24.3 Å². The van der Waals surface area contributed by atoms with Gasteiger partial charge in [0.25, 0.3) is 11.6 Å². The first-order valence-electron chi connectivity index (χ1n) is 6.75. The van der Waals surface area contributed by atoms with E-state index in [1.54, 1.807) is 4.90 Å². The molecule has 1 aromatic carbocycles. The lowest BCUT2D eigenvalue weighted by atomic mass is 10.1. The molecule has 108 valence electrons. The van der Waals surface area contributed by atoms with E-state index >= 15 is 0 Å². The lowest BCUT2D eigenvalue weighted by Crippen LogP contribution is -2.38. The molecule has 0 atom stereocenters. The molecule has 20 heavy (non-hydrogen) atoms. The monoisotopic (exact) mass is 277 g/mol. The number of nitrogen functional groups attached to an aromatic ring is 1. The molecule has 2 rings (SSSR count). The summed E-state index contributed by atoms with van der Waals surface area (Å²) in [5.74, 6) is 0.215. The van der Waals surface area contributed by atoms with Crippen molar-refractivity contribution in [2.24, 2.45) is 5.92 Å². The third kappa shape index (κ3) is 3.07. The zero-order chi connectivity index (χ0) is 14.9. The molecule has 0 spiro atoms. The van der Waals surface area contributed by atoms with Gasteiger partial charge in [0.1, 0.15) is 5.56 Å². The van der Waals surface area contributed by atoms with Crippen LogP contribution in [0, 0.1) is 16.0 Å². The number of amides is 1. The van der Waals surface area contributed by atoms with Crippen LogP contribution in [0.25, 0.3) is 0 Å². The fraction of sp³-hybridized carbons (Fsp3) is 0.500. The number of carbonyl (C=O) groups excluding carboxylic acids is 1. The summed E-state index contributed by atoms with van der Waals surface area (Å²) in [6.07, 6.45) is 2.24. The highest BCUT2D eigenvalue weighted by Crippen LogP contribution is 2.32. The van der Waals surface area contributed by atoms with Crippen LogP contribution in [0.5, 0.6) is 0 Å². The number of anilines is 1. The van der Waals surface area contributed by atoms with Crippen molar-refractivity contribution in [1.82, 2.24) is 4.90 Å². The molecule has 0 bridgehead atoms. The van der Waals surface area contributed by atoms with E-state index in [0.29, 0.717) is 18.2 Å². The molecule has 0 saturated heterocycles. The predicted molar refractivity (Wildman–Crippen MR) is 76.4 cm³/mol. The van der Waals surface area contributed by atoms with Gasteiger partial charge >= 0.3 is 0 Å². The van der Waals surface area contributed by atoms with Crippen molar-refractivity contribution in [3.8, 4) is 0 Å². The molecule has 1 fully saturated rings. The highest BCUT2D eigenvalue weighted by Gasteiger charge is 2.31. The molecule has 6 nitrogen and oxygen atoms in total. The van der Waals surface area contributed by atoms with Crippen LogP contribution in [-0.2, 0) is 0 Å². The summed E-state index contributed by atoms with van der Waals surface area (Å²) < 4.78 is 0. The first-order valence-corrected chi connectivity index (χ1v) is 6.75. The molecule has 1 aliphatic rings. The quantitative estimate of drug-likeness (QED) is 0.508. The van der Waals surface area contributed by atoms with Crippen LogP contribution < -0.4 is 5.73 Å². The van der Waals surface area contributed by atoms with Gasteiger partial charge in [-0.3, -0.25) is 14.9 Å². The van der Waals surface area contributed by atoms with E-state index in [1.165, 1.54) is 18.2 Å². The fourth-order valence-corrected chi connectivity index (χ4v) is 2.15. The second-order valence-corrected chi connectivity index (χ2v) is 5.53. The Morgan fingerprint density at radius 1 is 1.50 bits per heavy atom. The zero-order valence-corrected chi connectivity index (χ0v) is 11.7. The summed E-state index contributed by atoms with van der Waals surface area (Å²) in [6.45, 7) is 4.49. The summed E-state index contributed by atoms with van der Waals surface area (Å²) in [6, 6.07) is 4.13. The molecule has 2 N–H and O–H groups in total. The maximum absolute atomic E-state index is 12.6. The van der Waals surface area contributed by atoms with E-state index in [4.69, 9.17) is 5.73 Å². The van der Waals surface area contributed by atoms with Gasteiger partial charge in [0.15, 0.2) is 0 Å². The third-order valence-corrected chi connectivity index (χ3v) is 3.48. The number of nitro groups is 1. The van der Waals surface area contributed by atoms with Crippen molar-refractivity contribution in [2.75, 3.05) is 12.3 Å². The Balaban J connectivity index is 2.34. The summed E-state index contributed by atoms with van der Waals surface area (Å²) in [5, 5.41) is 11.1. The van der Waals surface area contributed by atoms with Gasteiger partial charge in [0.05, 0.1) is 4.92 Å². The molecule has 0 aliphatic heterocycles. The standard InChI is InChI=1S/C14H19N3O3/c1-9(2)16(8-10-3-4-10)14(18)12-7-11(15)5-6-13(12)17(19)20/h5-7,9-10H,3-4,8,15H2,1-2H3. The van der Waals surface area contributed by atoms with Crippen LogP contribution >= 0.6 is 0 Å². The smallest absolute Gasteiger partial charge is 0.282 e. The Hall–Kier alpha value is -2.11. The van der Waals surface area contributed by atoms with E-state index in [2.05, 4.69) is 0 Å². The Morgan fingerprint density at radius 2 is 2.15 bits per heavy atom. The Bertz CT molecular complexity index is 538. The minimum absolute atomic E-state index is 0.00383. The van der Waals surface area contributed by atoms with Crippen molar-refractivity contribution in [3.05, 3.63) is 33.9 Å². The van der Waals surface area contributed by atoms with Crippen molar-refractivity contribution in [1.29, 1.82) is 0 Å². The maximum Gasteiger partial charge on any atom is 0.282 e. The first-order chi connectivity index (χ1) is 9.40. The van der Waals surface area contributed by atoms with E-state index in [-0.39, 0.29) is 23.2 Å². The van der Waals surface area contributed by atoms with E-state index < -0.39 is 4.92 Å². The van der Waals surface area contributed by atoms with Crippen molar-refractivity contribution in [2.45, 2.75) is 32.7 Å². The average molecular weight is 277 g/mol. The molecular weight excluding hydrogens is 258 g/mol. The molecule has 0 unspecified atom stereocenters. The number of nitrogens with zero attached hydrogens (tertiary/aromatic N) is 2. The number of nitrogens with two attached hydrogens (primary N) is 1. The van der Waals surface area contributed by atoms with E-state index in [9.17, 15) is 14.9 Å². The highest BCUT2D eigenvalue weighted by molar-refractivity contribution is 5.99. The normalized spacial score (nSPS) is 14.3. The SMILES string of the molecule is CC(C)N(CC1CC1)C(=O)c1cc(N)ccc1[N+](=O)[O-]. The zero-order valence-electron chi connectivity index (χ0n) is 11.7. The van der Waals surface area contributed by atoms with Crippen LogP contribution in [0.4, 0.5) is 11.4 Å². The predicted octanol–water partition coefficient (Wildman–Crippen LogP) is 2.44. The van der Waals surface area contributed by atoms with Gasteiger partial charge in [-0.15, -0.1) is 0 Å². The molecule has 1 amide bonds. The summed E-state index contributed by atoms with van der Waals surface area (Å²) in [5.41, 5.74) is 5.90. The van der Waals surface area contributed by atoms with Gasteiger partial charge < -0.3 is 10.6 Å². The van der Waals surface area contributed by atoms with E-state index in [0.717, 1.165) is 12.8 Å². The summed E-state index contributed by atoms with van der Waals surface area (Å²) in [7, 11) is 0. The molecule has 0 aromatic heterocycles. The molecule has 6 heteroatoms. The van der Waals surface area contributed by atoms with Crippen molar-refractivity contribution in [3.63, 3.8) is 0 Å². The topological polar surface area (TPSA) is 89.5 Å². The summed E-state index contributed by atoms with van der Waals surface area (Å²) >= 11 is 0. The number of carbonyl (C=O) groups is 1. The average Bonchev–Trinajstić information content (AvgIpc) is 3.18. The number of nitro benzene ring substituents is 1. The van der Waals surface area contributed by atoms with Crippen molar-refractivity contribution < 1.29 is 9.72 Å². The van der Waals surface area contributed by atoms with Gasteiger partial charge in [-0.2, -0.15) is 0 Å².